The van der Waals surface area contributed by atoms with Gasteiger partial charge in [-0.3, -0.25) is 14.4 Å². The second kappa shape index (κ2) is 3.91. The molecule has 0 saturated heterocycles. The smallest absolute Gasteiger partial charge is 0.311 e. The molecule has 1 aromatic heterocycles. The van der Waals surface area contributed by atoms with Gasteiger partial charge in [-0.15, -0.1) is 0 Å². The molecule has 1 heterocycles. The van der Waals surface area contributed by atoms with Crippen LogP contribution in [0.25, 0.3) is 0 Å². The van der Waals surface area contributed by atoms with Crippen LogP contribution in [-0.2, 0) is 11.2 Å². The average molecular weight is 256 g/mol. The third kappa shape index (κ3) is 1.67. The number of aliphatic carboxylic acids is 1. The zero-order valence-corrected chi connectivity index (χ0v) is 9.67. The lowest BCUT2D eigenvalue weighted by Crippen LogP contribution is -2.18. The first-order valence-electron chi connectivity index (χ1n) is 5.61. The third-order valence-electron chi connectivity index (χ3n) is 2.98. The Labute approximate surface area is 107 Å². The van der Waals surface area contributed by atoms with E-state index in [1.807, 2.05) is 0 Å². The number of rotatable bonds is 2. The van der Waals surface area contributed by atoms with Crippen molar-refractivity contribution in [3.8, 4) is 0 Å². The summed E-state index contributed by atoms with van der Waals surface area (Å²) in [4.78, 5) is 35.0. The first kappa shape index (κ1) is 11.4. The predicted molar refractivity (Wildman–Crippen MR) is 63.4 cm³/mol. The summed E-state index contributed by atoms with van der Waals surface area (Å²) < 4.78 is 5.21. The van der Waals surface area contributed by atoms with Gasteiger partial charge >= 0.3 is 5.97 Å². The van der Waals surface area contributed by atoms with Gasteiger partial charge in [0.25, 0.3) is 0 Å². The Morgan fingerprint density at radius 2 is 1.68 bits per heavy atom. The van der Waals surface area contributed by atoms with Crippen LogP contribution < -0.4 is 0 Å². The number of fused-ring (bicyclic) bond motifs is 2. The summed E-state index contributed by atoms with van der Waals surface area (Å²) in [7, 11) is 0. The molecule has 0 unspecified atom stereocenters. The van der Waals surface area contributed by atoms with E-state index in [2.05, 4.69) is 0 Å². The molecular weight excluding hydrogens is 248 g/mol. The Bertz CT molecular complexity index is 671. The van der Waals surface area contributed by atoms with Crippen LogP contribution in [0.1, 0.15) is 37.8 Å². The Kier molecular flexibility index (Phi) is 2.35. The van der Waals surface area contributed by atoms with Gasteiger partial charge in [-0.25, -0.2) is 0 Å². The summed E-state index contributed by atoms with van der Waals surface area (Å²) in [6.07, 6.45) is -0.357. The van der Waals surface area contributed by atoms with Gasteiger partial charge in [0.05, 0.1) is 5.56 Å². The highest BCUT2D eigenvalue weighted by molar-refractivity contribution is 6.27. The van der Waals surface area contributed by atoms with Crippen molar-refractivity contribution in [2.75, 3.05) is 0 Å². The van der Waals surface area contributed by atoms with E-state index in [0.29, 0.717) is 5.56 Å². The van der Waals surface area contributed by atoms with Crippen LogP contribution in [0.4, 0.5) is 0 Å². The largest absolute Gasteiger partial charge is 0.481 e. The zero-order chi connectivity index (χ0) is 13.6. The molecule has 3 rings (SSSR count). The summed E-state index contributed by atoms with van der Waals surface area (Å²) >= 11 is 0. The van der Waals surface area contributed by atoms with E-state index in [1.165, 1.54) is 6.07 Å². The number of hydrogen-bond donors (Lipinski definition) is 1. The van der Waals surface area contributed by atoms with E-state index >= 15 is 0 Å². The molecule has 0 aliphatic heterocycles. The molecule has 1 aliphatic carbocycles. The molecule has 0 saturated carbocycles. The maximum atomic E-state index is 12.2. The van der Waals surface area contributed by atoms with Gasteiger partial charge in [0.1, 0.15) is 12.2 Å². The van der Waals surface area contributed by atoms with Crippen LogP contribution in [0.3, 0.4) is 0 Å². The molecule has 1 N–H and O–H groups in total. The van der Waals surface area contributed by atoms with Crippen molar-refractivity contribution in [1.29, 1.82) is 0 Å². The second-order valence-electron chi connectivity index (χ2n) is 4.23. The molecule has 19 heavy (non-hydrogen) atoms. The number of carbonyl (C=O) groups is 3. The first-order valence-corrected chi connectivity index (χ1v) is 5.61. The number of furan rings is 1. The van der Waals surface area contributed by atoms with Crippen molar-refractivity contribution in [2.24, 2.45) is 0 Å². The van der Waals surface area contributed by atoms with Crippen molar-refractivity contribution in [1.82, 2.24) is 0 Å². The van der Waals surface area contributed by atoms with Crippen molar-refractivity contribution in [3.05, 3.63) is 58.5 Å². The summed E-state index contributed by atoms with van der Waals surface area (Å²) in [6, 6.07) is 7.79. The fourth-order valence-electron chi connectivity index (χ4n) is 2.16. The average Bonchev–Trinajstić information content (AvgIpc) is 2.79. The Morgan fingerprint density at radius 1 is 1.05 bits per heavy atom. The Balaban J connectivity index is 2.15. The maximum absolute atomic E-state index is 12.2. The monoisotopic (exact) mass is 256 g/mol. The van der Waals surface area contributed by atoms with Crippen LogP contribution in [0.5, 0.6) is 0 Å². The predicted octanol–water partition coefficient (Wildman–Crippen LogP) is 1.68. The highest BCUT2D eigenvalue weighted by Gasteiger charge is 2.33. The van der Waals surface area contributed by atoms with Crippen LogP contribution in [-0.4, -0.2) is 22.6 Å². The second-order valence-corrected chi connectivity index (χ2v) is 4.23. The van der Waals surface area contributed by atoms with Gasteiger partial charge in [-0.05, 0) is 6.07 Å². The fourth-order valence-corrected chi connectivity index (χ4v) is 2.16. The van der Waals surface area contributed by atoms with Gasteiger partial charge in [0, 0.05) is 11.1 Å². The van der Waals surface area contributed by atoms with E-state index in [-0.39, 0.29) is 40.6 Å². The number of benzene rings is 1. The molecule has 0 spiro atoms. The molecule has 0 radical (unpaired) electrons. The number of ketones is 2. The van der Waals surface area contributed by atoms with Gasteiger partial charge in [-0.1, -0.05) is 24.3 Å². The van der Waals surface area contributed by atoms with E-state index in [9.17, 15) is 14.4 Å². The molecule has 0 atom stereocenters. The fraction of sp³-hybridized carbons (Fsp3) is 0.0714. The Morgan fingerprint density at radius 3 is 2.32 bits per heavy atom. The van der Waals surface area contributed by atoms with Crippen molar-refractivity contribution in [3.63, 3.8) is 0 Å². The lowest BCUT2D eigenvalue weighted by Gasteiger charge is -2.11. The van der Waals surface area contributed by atoms with E-state index in [4.69, 9.17) is 9.52 Å². The van der Waals surface area contributed by atoms with Crippen LogP contribution in [0, 0.1) is 0 Å². The molecule has 5 heteroatoms. The van der Waals surface area contributed by atoms with Crippen LogP contribution in [0.2, 0.25) is 0 Å². The lowest BCUT2D eigenvalue weighted by atomic mass is 9.88. The minimum Gasteiger partial charge on any atom is -0.481 e. The summed E-state index contributed by atoms with van der Waals surface area (Å²) in [5.41, 5.74) is 0.749. The zero-order valence-electron chi connectivity index (χ0n) is 9.67. The minimum absolute atomic E-state index is 0.0695. The van der Waals surface area contributed by atoms with Crippen LogP contribution >= 0.6 is 0 Å². The third-order valence-corrected chi connectivity index (χ3v) is 2.98. The normalized spacial score (nSPS) is 13.1. The van der Waals surface area contributed by atoms with Gasteiger partial charge in [0.15, 0.2) is 11.5 Å². The minimum atomic E-state index is -1.08. The highest BCUT2D eigenvalue weighted by Crippen LogP contribution is 2.29. The van der Waals surface area contributed by atoms with Gasteiger partial charge < -0.3 is 9.52 Å². The summed E-state index contributed by atoms with van der Waals surface area (Å²) in [5, 5.41) is 8.70. The van der Waals surface area contributed by atoms with Crippen molar-refractivity contribution in [2.45, 2.75) is 6.42 Å². The van der Waals surface area contributed by atoms with Crippen molar-refractivity contribution < 1.29 is 23.9 Å². The number of carboxylic acid groups (broad SMARTS) is 1. The molecular formula is C14H8O5. The van der Waals surface area contributed by atoms with Gasteiger partial charge in [-0.2, -0.15) is 0 Å². The molecule has 5 nitrogen and oxygen atoms in total. The van der Waals surface area contributed by atoms with E-state index < -0.39 is 5.97 Å². The molecule has 94 valence electrons. The highest BCUT2D eigenvalue weighted by atomic mass is 16.4. The lowest BCUT2D eigenvalue weighted by molar-refractivity contribution is -0.136. The summed E-state index contributed by atoms with van der Waals surface area (Å²) in [5.74, 6) is -1.75. The van der Waals surface area contributed by atoms with E-state index in [0.717, 1.165) is 0 Å². The quantitative estimate of drug-likeness (QED) is 0.754. The number of carbonyl (C=O) groups excluding carboxylic acids is 2. The molecule has 0 fully saturated rings. The Hall–Kier alpha value is -2.69. The molecule has 1 aliphatic rings. The summed E-state index contributed by atoms with van der Waals surface area (Å²) in [6.45, 7) is 0. The standard InChI is InChI=1S/C14H8O5/c15-11(16)6-7-5-10-12(17)8-3-1-2-4-9(8)13(18)14(10)19-7/h1-5H,6H2,(H,15,16). The molecule has 0 bridgehead atoms. The molecule has 2 aromatic rings. The first-order chi connectivity index (χ1) is 9.08. The van der Waals surface area contributed by atoms with E-state index in [1.54, 1.807) is 24.3 Å². The SMILES string of the molecule is O=C(O)Cc1cc2c(o1)C(=O)c1ccccc1C2=O. The topological polar surface area (TPSA) is 84.6 Å². The number of hydrogen-bond acceptors (Lipinski definition) is 4. The number of carboxylic acids is 1. The molecule has 0 amide bonds. The van der Waals surface area contributed by atoms with Crippen LogP contribution in [0.15, 0.2) is 34.7 Å². The van der Waals surface area contributed by atoms with Gasteiger partial charge in [0.2, 0.25) is 5.78 Å². The van der Waals surface area contributed by atoms with Crippen molar-refractivity contribution >= 4 is 17.5 Å². The maximum Gasteiger partial charge on any atom is 0.311 e. The molecule has 1 aromatic carbocycles.